The standard InChI is InChI=1S/C11H9F4NO3/c12-7-3-1-6(2-4-7)5-8(9(17)18)16-10(19)11(13,14)15/h1-4,8H,5H2,(H,16,19)(H,17,18). The fourth-order valence-corrected chi connectivity index (χ4v) is 1.30. The van der Waals surface area contributed by atoms with Crippen LogP contribution in [0.2, 0.25) is 0 Å². The molecule has 1 rings (SSSR count). The number of hydrogen-bond acceptors (Lipinski definition) is 2. The zero-order valence-corrected chi connectivity index (χ0v) is 9.37. The molecule has 4 nitrogen and oxygen atoms in total. The van der Waals surface area contributed by atoms with Gasteiger partial charge in [0.1, 0.15) is 11.9 Å². The van der Waals surface area contributed by atoms with Crippen LogP contribution in [0.3, 0.4) is 0 Å². The number of rotatable bonds is 4. The van der Waals surface area contributed by atoms with E-state index in [1.54, 1.807) is 0 Å². The van der Waals surface area contributed by atoms with Crippen molar-refractivity contribution >= 4 is 11.9 Å². The number of hydrogen-bond donors (Lipinski definition) is 2. The lowest BCUT2D eigenvalue weighted by atomic mass is 10.1. The third kappa shape index (κ3) is 4.57. The molecule has 0 fully saturated rings. The molecule has 1 aromatic rings. The van der Waals surface area contributed by atoms with Gasteiger partial charge in [0.05, 0.1) is 0 Å². The molecule has 0 aromatic heterocycles. The quantitative estimate of drug-likeness (QED) is 0.821. The third-order valence-corrected chi connectivity index (χ3v) is 2.21. The van der Waals surface area contributed by atoms with Crippen LogP contribution in [-0.4, -0.2) is 29.2 Å². The summed E-state index contributed by atoms with van der Waals surface area (Å²) in [5.74, 6) is -4.50. The minimum atomic E-state index is -5.16. The van der Waals surface area contributed by atoms with Crippen molar-refractivity contribution in [1.29, 1.82) is 0 Å². The lowest BCUT2D eigenvalue weighted by Crippen LogP contribution is -2.47. The molecule has 0 aliphatic rings. The smallest absolute Gasteiger partial charge is 0.471 e. The number of carboxylic acids is 1. The van der Waals surface area contributed by atoms with E-state index < -0.39 is 29.9 Å². The zero-order chi connectivity index (χ0) is 14.6. The second-order valence-corrected chi connectivity index (χ2v) is 3.69. The van der Waals surface area contributed by atoms with Gasteiger partial charge in [-0.05, 0) is 17.7 Å². The van der Waals surface area contributed by atoms with Crippen molar-refractivity contribution in [1.82, 2.24) is 5.32 Å². The van der Waals surface area contributed by atoms with Gasteiger partial charge in [0.2, 0.25) is 0 Å². The second-order valence-electron chi connectivity index (χ2n) is 3.69. The minimum absolute atomic E-state index is 0.288. The highest BCUT2D eigenvalue weighted by atomic mass is 19.4. The van der Waals surface area contributed by atoms with Gasteiger partial charge >= 0.3 is 18.1 Å². The van der Waals surface area contributed by atoms with Crippen LogP contribution in [0.1, 0.15) is 5.56 Å². The molecule has 8 heteroatoms. The molecular formula is C11H9F4NO3. The largest absolute Gasteiger partial charge is 0.480 e. The summed E-state index contributed by atoms with van der Waals surface area (Å²) in [7, 11) is 0. The summed E-state index contributed by atoms with van der Waals surface area (Å²) < 4.78 is 48.6. The number of carbonyl (C=O) groups is 2. The summed E-state index contributed by atoms with van der Waals surface area (Å²) >= 11 is 0. The van der Waals surface area contributed by atoms with Gasteiger partial charge in [-0.3, -0.25) is 4.79 Å². The SMILES string of the molecule is O=C(O)C(Cc1ccc(F)cc1)NC(=O)C(F)(F)F. The van der Waals surface area contributed by atoms with E-state index in [0.29, 0.717) is 0 Å². The molecule has 0 saturated heterocycles. The van der Waals surface area contributed by atoms with Crippen LogP contribution in [0.4, 0.5) is 17.6 Å². The van der Waals surface area contributed by atoms with Crippen LogP contribution >= 0.6 is 0 Å². The molecule has 0 heterocycles. The molecule has 0 bridgehead atoms. The van der Waals surface area contributed by atoms with Gasteiger partial charge in [0, 0.05) is 6.42 Å². The topological polar surface area (TPSA) is 66.4 Å². The van der Waals surface area contributed by atoms with Crippen LogP contribution in [0.15, 0.2) is 24.3 Å². The average Bonchev–Trinajstić information content (AvgIpc) is 2.29. The van der Waals surface area contributed by atoms with Crippen molar-refractivity contribution in [2.75, 3.05) is 0 Å². The Morgan fingerprint density at radius 1 is 1.21 bits per heavy atom. The number of carboxylic acid groups (broad SMARTS) is 1. The van der Waals surface area contributed by atoms with E-state index in [-0.39, 0.29) is 12.0 Å². The van der Waals surface area contributed by atoms with Gasteiger partial charge in [0.15, 0.2) is 0 Å². The summed E-state index contributed by atoms with van der Waals surface area (Å²) in [6.45, 7) is 0. The number of alkyl halides is 3. The normalized spacial score (nSPS) is 12.8. The fourth-order valence-electron chi connectivity index (χ4n) is 1.30. The van der Waals surface area contributed by atoms with Crippen LogP contribution < -0.4 is 5.32 Å². The van der Waals surface area contributed by atoms with E-state index in [2.05, 4.69) is 0 Å². The maximum atomic E-state index is 12.6. The second kappa shape index (κ2) is 5.68. The molecule has 0 spiro atoms. The lowest BCUT2D eigenvalue weighted by molar-refractivity contribution is -0.175. The Kier molecular flexibility index (Phi) is 4.47. The van der Waals surface area contributed by atoms with E-state index in [4.69, 9.17) is 5.11 Å². The van der Waals surface area contributed by atoms with Gasteiger partial charge in [0.25, 0.3) is 0 Å². The molecule has 104 valence electrons. The highest BCUT2D eigenvalue weighted by molar-refractivity contribution is 5.87. The number of aliphatic carboxylic acids is 1. The Labute approximate surface area is 105 Å². The Morgan fingerprint density at radius 3 is 2.16 bits per heavy atom. The molecule has 2 N–H and O–H groups in total. The monoisotopic (exact) mass is 279 g/mol. The molecule has 0 aliphatic carbocycles. The molecule has 0 saturated carbocycles. The van der Waals surface area contributed by atoms with E-state index >= 15 is 0 Å². The summed E-state index contributed by atoms with van der Waals surface area (Å²) in [4.78, 5) is 21.4. The average molecular weight is 279 g/mol. The first-order valence-corrected chi connectivity index (χ1v) is 5.05. The molecule has 1 aromatic carbocycles. The molecule has 1 unspecified atom stereocenters. The summed E-state index contributed by atoms with van der Waals surface area (Å²) in [6.07, 6.45) is -5.53. The van der Waals surface area contributed by atoms with E-state index in [0.717, 1.165) is 12.1 Å². The van der Waals surface area contributed by atoms with E-state index in [1.165, 1.54) is 17.4 Å². The van der Waals surface area contributed by atoms with Crippen molar-refractivity contribution in [2.45, 2.75) is 18.6 Å². The number of nitrogens with one attached hydrogen (secondary N) is 1. The Morgan fingerprint density at radius 2 is 1.74 bits per heavy atom. The summed E-state index contributed by atoms with van der Waals surface area (Å²) in [6, 6.07) is 2.80. The van der Waals surface area contributed by atoms with Crippen molar-refractivity contribution in [3.05, 3.63) is 35.6 Å². The van der Waals surface area contributed by atoms with Crippen molar-refractivity contribution in [2.24, 2.45) is 0 Å². The van der Waals surface area contributed by atoms with Gasteiger partial charge in [-0.15, -0.1) is 0 Å². The number of benzene rings is 1. The predicted molar refractivity (Wildman–Crippen MR) is 55.7 cm³/mol. The lowest BCUT2D eigenvalue weighted by Gasteiger charge is -2.15. The Hall–Kier alpha value is -2.12. The maximum Gasteiger partial charge on any atom is 0.471 e. The van der Waals surface area contributed by atoms with Crippen molar-refractivity contribution in [3.8, 4) is 0 Å². The first-order valence-electron chi connectivity index (χ1n) is 5.05. The minimum Gasteiger partial charge on any atom is -0.480 e. The van der Waals surface area contributed by atoms with E-state index in [1.807, 2.05) is 0 Å². The first-order chi connectivity index (χ1) is 8.70. The van der Waals surface area contributed by atoms with Crippen LogP contribution in [0.25, 0.3) is 0 Å². The Balaban J connectivity index is 2.77. The zero-order valence-electron chi connectivity index (χ0n) is 9.37. The van der Waals surface area contributed by atoms with Gasteiger partial charge in [-0.1, -0.05) is 12.1 Å². The third-order valence-electron chi connectivity index (χ3n) is 2.21. The molecule has 1 amide bonds. The first kappa shape index (κ1) is 14.9. The highest BCUT2D eigenvalue weighted by Crippen LogP contribution is 2.15. The molecule has 19 heavy (non-hydrogen) atoms. The number of halogens is 4. The predicted octanol–water partition coefficient (Wildman–Crippen LogP) is 1.50. The maximum absolute atomic E-state index is 12.6. The number of carbonyl (C=O) groups excluding carboxylic acids is 1. The van der Waals surface area contributed by atoms with Crippen LogP contribution in [-0.2, 0) is 16.0 Å². The van der Waals surface area contributed by atoms with Crippen LogP contribution in [0, 0.1) is 5.82 Å². The van der Waals surface area contributed by atoms with E-state index in [9.17, 15) is 27.2 Å². The van der Waals surface area contributed by atoms with Crippen LogP contribution in [0.5, 0.6) is 0 Å². The fraction of sp³-hybridized carbons (Fsp3) is 0.273. The van der Waals surface area contributed by atoms with Crippen molar-refractivity contribution < 1.29 is 32.3 Å². The highest BCUT2D eigenvalue weighted by Gasteiger charge is 2.40. The van der Waals surface area contributed by atoms with Gasteiger partial charge in [-0.2, -0.15) is 13.2 Å². The summed E-state index contributed by atoms with van der Waals surface area (Å²) in [5, 5.41) is 10.1. The van der Waals surface area contributed by atoms with Crippen molar-refractivity contribution in [3.63, 3.8) is 0 Å². The molecule has 1 atom stereocenters. The Bertz CT molecular complexity index is 470. The number of amides is 1. The van der Waals surface area contributed by atoms with Gasteiger partial charge in [-0.25, -0.2) is 9.18 Å². The molecule has 0 radical (unpaired) electrons. The van der Waals surface area contributed by atoms with Gasteiger partial charge < -0.3 is 10.4 Å². The molecule has 0 aliphatic heterocycles. The molecular weight excluding hydrogens is 270 g/mol. The summed E-state index contributed by atoms with van der Waals surface area (Å²) in [5.41, 5.74) is 0.288.